The summed E-state index contributed by atoms with van der Waals surface area (Å²) < 4.78 is 0. The lowest BCUT2D eigenvalue weighted by atomic mass is 9.77. The lowest BCUT2D eigenvalue weighted by Gasteiger charge is -2.28. The lowest BCUT2D eigenvalue weighted by Crippen LogP contribution is -2.15. The second-order valence-electron chi connectivity index (χ2n) is 11.6. The summed E-state index contributed by atoms with van der Waals surface area (Å²) in [5, 5.41) is 0. The zero-order chi connectivity index (χ0) is 25.3. The number of hydrogen-bond donors (Lipinski definition) is 0. The van der Waals surface area contributed by atoms with Gasteiger partial charge in [0, 0.05) is 11.8 Å². The van der Waals surface area contributed by atoms with Crippen molar-refractivity contribution in [2.24, 2.45) is 11.8 Å². The van der Waals surface area contributed by atoms with Crippen LogP contribution in [-0.2, 0) is 12.8 Å². The molecule has 0 spiro atoms. The highest BCUT2D eigenvalue weighted by Crippen LogP contribution is 2.35. The topological polar surface area (TPSA) is 25.8 Å². The Morgan fingerprint density at radius 3 is 1.97 bits per heavy atom. The van der Waals surface area contributed by atoms with Crippen LogP contribution in [0.15, 0.2) is 36.8 Å². The molecule has 1 fully saturated rings. The van der Waals surface area contributed by atoms with Crippen LogP contribution in [-0.4, -0.2) is 9.97 Å². The monoisotopic (exact) mass is 490 g/mol. The van der Waals surface area contributed by atoms with Crippen LogP contribution in [0.3, 0.4) is 0 Å². The number of nitrogens with zero attached hydrogens (tertiary/aromatic N) is 2. The Hall–Kier alpha value is -1.70. The standard InChI is InChI=1S/C34H54N2/c1-3-5-7-9-10-12-14-18-31-19-15-16-20-33(31)34-32(27-35-28-36-34)26-25-30-23-21-29(22-24-30)17-13-11-8-6-4-2/h15-16,19-20,27-30H,3-14,17-18,21-26H2,1-2H3. The summed E-state index contributed by atoms with van der Waals surface area (Å²) in [5.74, 6) is 1.88. The fraction of sp³-hybridized carbons (Fsp3) is 0.706. The molecule has 2 aromatic rings. The average molecular weight is 491 g/mol. The van der Waals surface area contributed by atoms with Gasteiger partial charge in [0.2, 0.25) is 0 Å². The normalized spacial score (nSPS) is 17.9. The van der Waals surface area contributed by atoms with Gasteiger partial charge in [-0.25, -0.2) is 9.97 Å². The van der Waals surface area contributed by atoms with E-state index in [0.29, 0.717) is 0 Å². The fourth-order valence-corrected chi connectivity index (χ4v) is 6.23. The third kappa shape index (κ3) is 10.3. The Morgan fingerprint density at radius 2 is 1.25 bits per heavy atom. The molecule has 3 rings (SSSR count). The number of aromatic nitrogens is 2. The minimum Gasteiger partial charge on any atom is -0.244 e. The zero-order valence-electron chi connectivity index (χ0n) is 23.7. The van der Waals surface area contributed by atoms with Gasteiger partial charge in [-0.05, 0) is 48.6 Å². The van der Waals surface area contributed by atoms with Gasteiger partial charge < -0.3 is 0 Å². The van der Waals surface area contributed by atoms with E-state index >= 15 is 0 Å². The van der Waals surface area contributed by atoms with Crippen LogP contribution in [0.2, 0.25) is 0 Å². The van der Waals surface area contributed by atoms with Gasteiger partial charge in [0.25, 0.3) is 0 Å². The van der Waals surface area contributed by atoms with Crippen LogP contribution in [0.1, 0.15) is 141 Å². The number of unbranched alkanes of at least 4 members (excludes halogenated alkanes) is 10. The first kappa shape index (κ1) is 28.9. The number of benzene rings is 1. The van der Waals surface area contributed by atoms with Crippen molar-refractivity contribution < 1.29 is 0 Å². The van der Waals surface area contributed by atoms with E-state index in [4.69, 9.17) is 4.98 Å². The van der Waals surface area contributed by atoms with Gasteiger partial charge in [0.05, 0.1) is 5.69 Å². The van der Waals surface area contributed by atoms with Gasteiger partial charge in [-0.2, -0.15) is 0 Å². The van der Waals surface area contributed by atoms with Gasteiger partial charge in [-0.3, -0.25) is 0 Å². The van der Waals surface area contributed by atoms with E-state index < -0.39 is 0 Å². The molecule has 2 nitrogen and oxygen atoms in total. The molecule has 1 aromatic carbocycles. The molecule has 2 heteroatoms. The highest BCUT2D eigenvalue weighted by Gasteiger charge is 2.21. The fourth-order valence-electron chi connectivity index (χ4n) is 6.23. The number of hydrogen-bond acceptors (Lipinski definition) is 2. The van der Waals surface area contributed by atoms with Crippen LogP contribution in [0.4, 0.5) is 0 Å². The second-order valence-corrected chi connectivity index (χ2v) is 11.6. The summed E-state index contributed by atoms with van der Waals surface area (Å²) in [6.07, 6.45) is 31.3. The van der Waals surface area contributed by atoms with E-state index in [1.54, 1.807) is 6.33 Å². The highest BCUT2D eigenvalue weighted by atomic mass is 14.8. The Balaban J connectivity index is 1.46. The molecular weight excluding hydrogens is 436 g/mol. The Morgan fingerprint density at radius 1 is 0.639 bits per heavy atom. The van der Waals surface area contributed by atoms with Crippen LogP contribution in [0.5, 0.6) is 0 Å². The highest BCUT2D eigenvalue weighted by molar-refractivity contribution is 5.66. The van der Waals surface area contributed by atoms with Crippen molar-refractivity contribution in [3.8, 4) is 11.3 Å². The number of rotatable bonds is 18. The van der Waals surface area contributed by atoms with Gasteiger partial charge >= 0.3 is 0 Å². The maximum atomic E-state index is 4.81. The van der Waals surface area contributed by atoms with Crippen molar-refractivity contribution in [1.82, 2.24) is 9.97 Å². The molecule has 1 saturated carbocycles. The van der Waals surface area contributed by atoms with Crippen LogP contribution >= 0.6 is 0 Å². The van der Waals surface area contributed by atoms with E-state index in [1.165, 1.54) is 138 Å². The molecule has 200 valence electrons. The predicted molar refractivity (Wildman–Crippen MR) is 156 cm³/mol. The first-order valence-electron chi connectivity index (χ1n) is 15.7. The minimum atomic E-state index is 0.886. The third-order valence-electron chi connectivity index (χ3n) is 8.61. The van der Waals surface area contributed by atoms with Gasteiger partial charge in [-0.15, -0.1) is 0 Å². The van der Waals surface area contributed by atoms with Crippen LogP contribution in [0, 0.1) is 11.8 Å². The summed E-state index contributed by atoms with van der Waals surface area (Å²) in [6, 6.07) is 8.98. The number of aryl methyl sites for hydroxylation is 2. The van der Waals surface area contributed by atoms with Crippen molar-refractivity contribution in [3.05, 3.63) is 47.9 Å². The van der Waals surface area contributed by atoms with Crippen LogP contribution in [0.25, 0.3) is 11.3 Å². The molecule has 0 unspecified atom stereocenters. The van der Waals surface area contributed by atoms with E-state index in [9.17, 15) is 0 Å². The molecule has 1 aliphatic carbocycles. The lowest BCUT2D eigenvalue weighted by molar-refractivity contribution is 0.248. The maximum absolute atomic E-state index is 4.81. The molecule has 0 radical (unpaired) electrons. The molecule has 1 heterocycles. The van der Waals surface area contributed by atoms with Gasteiger partial charge in [0.1, 0.15) is 6.33 Å². The van der Waals surface area contributed by atoms with Gasteiger partial charge in [-0.1, -0.05) is 141 Å². The van der Waals surface area contributed by atoms with Crippen molar-refractivity contribution in [2.45, 2.75) is 142 Å². The third-order valence-corrected chi connectivity index (χ3v) is 8.61. The molecule has 0 bridgehead atoms. The van der Waals surface area contributed by atoms with Crippen LogP contribution < -0.4 is 0 Å². The van der Waals surface area contributed by atoms with Crippen molar-refractivity contribution in [2.75, 3.05) is 0 Å². The molecule has 0 N–H and O–H groups in total. The minimum absolute atomic E-state index is 0.886. The summed E-state index contributed by atoms with van der Waals surface area (Å²) >= 11 is 0. The quantitative estimate of drug-likeness (QED) is 0.194. The molecule has 0 amide bonds. The molecule has 0 saturated heterocycles. The average Bonchev–Trinajstić information content (AvgIpc) is 2.92. The van der Waals surface area contributed by atoms with E-state index in [2.05, 4.69) is 49.3 Å². The van der Waals surface area contributed by atoms with E-state index in [1.807, 2.05) is 0 Å². The predicted octanol–water partition coefficient (Wildman–Crippen LogP) is 10.5. The Labute approximate surface area is 223 Å². The largest absolute Gasteiger partial charge is 0.244 e. The summed E-state index contributed by atoms with van der Waals surface area (Å²) in [6.45, 7) is 4.60. The summed E-state index contributed by atoms with van der Waals surface area (Å²) in [4.78, 5) is 9.24. The first-order chi connectivity index (χ1) is 17.8. The zero-order valence-corrected chi connectivity index (χ0v) is 23.7. The second kappa shape index (κ2) is 17.7. The van der Waals surface area contributed by atoms with Crippen molar-refractivity contribution in [1.29, 1.82) is 0 Å². The first-order valence-corrected chi connectivity index (χ1v) is 15.7. The SMILES string of the molecule is CCCCCCCCCc1ccccc1-c1ncncc1CCC1CCC(CCCCCCC)CC1. The molecule has 1 aliphatic rings. The van der Waals surface area contributed by atoms with E-state index in [0.717, 1.165) is 24.7 Å². The van der Waals surface area contributed by atoms with Gasteiger partial charge in [0.15, 0.2) is 0 Å². The Bertz CT molecular complexity index is 821. The van der Waals surface area contributed by atoms with Crippen molar-refractivity contribution in [3.63, 3.8) is 0 Å². The Kier molecular flexibility index (Phi) is 14.2. The van der Waals surface area contributed by atoms with Crippen molar-refractivity contribution >= 4 is 0 Å². The molecular formula is C34H54N2. The molecule has 36 heavy (non-hydrogen) atoms. The molecule has 1 aromatic heterocycles. The molecule has 0 aliphatic heterocycles. The smallest absolute Gasteiger partial charge is 0.116 e. The molecule has 0 atom stereocenters. The van der Waals surface area contributed by atoms with E-state index in [-0.39, 0.29) is 0 Å². The summed E-state index contributed by atoms with van der Waals surface area (Å²) in [5.41, 5.74) is 5.34. The summed E-state index contributed by atoms with van der Waals surface area (Å²) in [7, 11) is 0. The maximum Gasteiger partial charge on any atom is 0.116 e.